The van der Waals surface area contributed by atoms with Crippen molar-refractivity contribution in [1.82, 2.24) is 10.6 Å². The van der Waals surface area contributed by atoms with Gasteiger partial charge in [0, 0.05) is 31.7 Å². The van der Waals surface area contributed by atoms with Crippen LogP contribution in [0, 0.1) is 13.8 Å². The van der Waals surface area contributed by atoms with Gasteiger partial charge in [0.15, 0.2) is 0 Å². The largest absolute Gasteiger partial charge is 0.336 e. The van der Waals surface area contributed by atoms with Crippen molar-refractivity contribution in [2.45, 2.75) is 39.7 Å². The van der Waals surface area contributed by atoms with Crippen LogP contribution in [0.3, 0.4) is 0 Å². The van der Waals surface area contributed by atoms with Gasteiger partial charge in [0.2, 0.25) is 5.91 Å². The number of hydrogen-bond donors (Lipinski definition) is 2. The van der Waals surface area contributed by atoms with Gasteiger partial charge in [-0.1, -0.05) is 6.07 Å². The molecule has 1 aliphatic carbocycles. The number of carbonyl (C=O) groups excluding carboxylic acids is 2. The minimum absolute atomic E-state index is 0.0253. The highest BCUT2D eigenvalue weighted by molar-refractivity contribution is 5.91. The third-order valence-corrected chi connectivity index (χ3v) is 3.72. The first-order chi connectivity index (χ1) is 9.97. The summed E-state index contributed by atoms with van der Waals surface area (Å²) in [6, 6.07) is 6.14. The van der Waals surface area contributed by atoms with Crippen LogP contribution in [0.1, 0.15) is 30.9 Å². The summed E-state index contributed by atoms with van der Waals surface area (Å²) in [5.74, 6) is -0.0253. The van der Waals surface area contributed by atoms with Gasteiger partial charge in [-0.15, -0.1) is 0 Å². The summed E-state index contributed by atoms with van der Waals surface area (Å²) in [5.41, 5.74) is 3.22. The minimum Gasteiger partial charge on any atom is -0.336 e. The lowest BCUT2D eigenvalue weighted by Gasteiger charge is -2.22. The summed E-state index contributed by atoms with van der Waals surface area (Å²) in [4.78, 5) is 25.0. The van der Waals surface area contributed by atoms with Crippen molar-refractivity contribution < 1.29 is 9.59 Å². The van der Waals surface area contributed by atoms with Gasteiger partial charge >= 0.3 is 6.03 Å². The molecular formula is C16H23N3O2. The fourth-order valence-corrected chi connectivity index (χ4v) is 2.11. The molecule has 0 bridgehead atoms. The normalized spacial score (nSPS) is 13.7. The van der Waals surface area contributed by atoms with Gasteiger partial charge in [0.05, 0.1) is 0 Å². The average Bonchev–Trinajstić information content (AvgIpc) is 3.21. The molecule has 21 heavy (non-hydrogen) atoms. The zero-order chi connectivity index (χ0) is 15.4. The van der Waals surface area contributed by atoms with Crippen LogP contribution >= 0.6 is 0 Å². The van der Waals surface area contributed by atoms with Gasteiger partial charge in [0.1, 0.15) is 0 Å². The predicted octanol–water partition coefficient (Wildman–Crippen LogP) is 2.12. The second-order valence-corrected chi connectivity index (χ2v) is 5.61. The zero-order valence-corrected chi connectivity index (χ0v) is 12.9. The molecule has 0 radical (unpaired) electrons. The molecule has 114 valence electrons. The molecule has 1 saturated carbocycles. The topological polar surface area (TPSA) is 61.4 Å². The van der Waals surface area contributed by atoms with Crippen LogP contribution in [-0.4, -0.2) is 31.1 Å². The van der Waals surface area contributed by atoms with Crippen molar-refractivity contribution in [2.24, 2.45) is 0 Å². The van der Waals surface area contributed by atoms with Gasteiger partial charge in [-0.3, -0.25) is 4.79 Å². The van der Waals surface area contributed by atoms with E-state index in [9.17, 15) is 9.59 Å². The van der Waals surface area contributed by atoms with E-state index >= 15 is 0 Å². The maximum atomic E-state index is 11.8. The Labute approximate surface area is 125 Å². The SMILES string of the molecule is CC(=O)N(CCNC(=O)NC1CC1)c1ccc(C)c(C)c1. The molecule has 0 spiro atoms. The highest BCUT2D eigenvalue weighted by atomic mass is 16.2. The summed E-state index contributed by atoms with van der Waals surface area (Å²) in [6.07, 6.45) is 2.13. The van der Waals surface area contributed by atoms with Gasteiger partial charge < -0.3 is 15.5 Å². The number of benzene rings is 1. The molecule has 0 saturated heterocycles. The molecule has 2 rings (SSSR count). The van der Waals surface area contributed by atoms with E-state index < -0.39 is 0 Å². The number of urea groups is 1. The number of aryl methyl sites for hydroxylation is 2. The maximum absolute atomic E-state index is 11.8. The fourth-order valence-electron chi connectivity index (χ4n) is 2.11. The summed E-state index contributed by atoms with van der Waals surface area (Å²) >= 11 is 0. The quantitative estimate of drug-likeness (QED) is 0.872. The summed E-state index contributed by atoms with van der Waals surface area (Å²) in [6.45, 7) is 6.51. The molecule has 1 fully saturated rings. The lowest BCUT2D eigenvalue weighted by molar-refractivity contribution is -0.116. The predicted molar refractivity (Wildman–Crippen MR) is 83.5 cm³/mol. The highest BCUT2D eigenvalue weighted by Crippen LogP contribution is 2.19. The molecule has 5 heteroatoms. The monoisotopic (exact) mass is 289 g/mol. The van der Waals surface area contributed by atoms with Crippen molar-refractivity contribution in [1.29, 1.82) is 0 Å². The molecule has 0 unspecified atom stereocenters. The lowest BCUT2D eigenvalue weighted by Crippen LogP contribution is -2.42. The smallest absolute Gasteiger partial charge is 0.315 e. The van der Waals surface area contributed by atoms with E-state index in [0.717, 1.165) is 24.1 Å². The van der Waals surface area contributed by atoms with Crippen molar-refractivity contribution >= 4 is 17.6 Å². The summed E-state index contributed by atoms with van der Waals surface area (Å²) in [7, 11) is 0. The van der Waals surface area contributed by atoms with Crippen LogP contribution in [0.15, 0.2) is 18.2 Å². The minimum atomic E-state index is -0.152. The first-order valence-corrected chi connectivity index (χ1v) is 7.37. The number of anilines is 1. The average molecular weight is 289 g/mol. The van der Waals surface area contributed by atoms with Crippen molar-refractivity contribution in [2.75, 3.05) is 18.0 Å². The first-order valence-electron chi connectivity index (χ1n) is 7.37. The zero-order valence-electron chi connectivity index (χ0n) is 12.9. The van der Waals surface area contributed by atoms with E-state index in [1.54, 1.807) is 11.8 Å². The van der Waals surface area contributed by atoms with Crippen LogP contribution in [0.5, 0.6) is 0 Å². The Hall–Kier alpha value is -2.04. The van der Waals surface area contributed by atoms with Crippen LogP contribution in [-0.2, 0) is 4.79 Å². The molecule has 5 nitrogen and oxygen atoms in total. The second-order valence-electron chi connectivity index (χ2n) is 5.61. The molecule has 0 aliphatic heterocycles. The fraction of sp³-hybridized carbons (Fsp3) is 0.500. The van der Waals surface area contributed by atoms with Gasteiger partial charge in [-0.05, 0) is 49.9 Å². The van der Waals surface area contributed by atoms with Crippen LogP contribution in [0.2, 0.25) is 0 Å². The third-order valence-electron chi connectivity index (χ3n) is 3.72. The Morgan fingerprint density at radius 1 is 1.24 bits per heavy atom. The second kappa shape index (κ2) is 6.61. The van der Waals surface area contributed by atoms with Crippen molar-refractivity contribution in [3.05, 3.63) is 29.3 Å². The maximum Gasteiger partial charge on any atom is 0.315 e. The molecule has 1 aliphatic rings. The van der Waals surface area contributed by atoms with Gasteiger partial charge in [0.25, 0.3) is 0 Å². The molecular weight excluding hydrogens is 266 g/mol. The van der Waals surface area contributed by atoms with E-state index in [0.29, 0.717) is 19.1 Å². The van der Waals surface area contributed by atoms with Gasteiger partial charge in [-0.25, -0.2) is 4.79 Å². The third kappa shape index (κ3) is 4.48. The number of rotatable bonds is 5. The molecule has 0 heterocycles. The first kappa shape index (κ1) is 15.4. The molecule has 0 aromatic heterocycles. The summed E-state index contributed by atoms with van der Waals surface area (Å²) in [5, 5.41) is 5.65. The summed E-state index contributed by atoms with van der Waals surface area (Å²) < 4.78 is 0. The lowest BCUT2D eigenvalue weighted by atomic mass is 10.1. The molecule has 1 aromatic carbocycles. The Bertz CT molecular complexity index is 538. The molecule has 1 aromatic rings. The Balaban J connectivity index is 1.90. The van der Waals surface area contributed by atoms with Crippen LogP contribution in [0.25, 0.3) is 0 Å². The van der Waals surface area contributed by atoms with Crippen LogP contribution < -0.4 is 15.5 Å². The van der Waals surface area contributed by atoms with E-state index in [1.165, 1.54) is 5.56 Å². The number of carbonyl (C=O) groups is 2. The van der Waals surface area contributed by atoms with E-state index in [4.69, 9.17) is 0 Å². The van der Waals surface area contributed by atoms with E-state index in [2.05, 4.69) is 10.6 Å². The number of nitrogens with zero attached hydrogens (tertiary/aromatic N) is 1. The standard InChI is InChI=1S/C16H23N3O2/c1-11-4-7-15(10-12(11)2)19(13(3)20)9-8-17-16(21)18-14-5-6-14/h4,7,10,14H,5-6,8-9H2,1-3H3,(H2,17,18,21). The molecule has 0 atom stereocenters. The van der Waals surface area contributed by atoms with E-state index in [1.807, 2.05) is 32.0 Å². The van der Waals surface area contributed by atoms with Crippen molar-refractivity contribution in [3.63, 3.8) is 0 Å². The van der Waals surface area contributed by atoms with Crippen LogP contribution in [0.4, 0.5) is 10.5 Å². The Kier molecular flexibility index (Phi) is 4.83. The van der Waals surface area contributed by atoms with E-state index in [-0.39, 0.29) is 11.9 Å². The van der Waals surface area contributed by atoms with Gasteiger partial charge in [-0.2, -0.15) is 0 Å². The molecule has 2 N–H and O–H groups in total. The highest BCUT2D eigenvalue weighted by Gasteiger charge is 2.23. The Morgan fingerprint density at radius 2 is 1.95 bits per heavy atom. The number of nitrogens with one attached hydrogen (secondary N) is 2. The van der Waals surface area contributed by atoms with Crippen molar-refractivity contribution in [3.8, 4) is 0 Å². The number of amides is 3. The Morgan fingerprint density at radius 3 is 2.52 bits per heavy atom. The molecule has 3 amide bonds. The number of hydrogen-bond acceptors (Lipinski definition) is 2.